The monoisotopic (exact) mass is 1170 g/mol. The molecule has 0 bridgehead atoms. The number of halogens is 1. The summed E-state index contributed by atoms with van der Waals surface area (Å²) in [5.74, 6) is -0.506. The zero-order valence-electron chi connectivity index (χ0n) is 44.2. The Kier molecular flexibility index (Phi) is 18.3. The van der Waals surface area contributed by atoms with Gasteiger partial charge in [-0.3, -0.25) is 28.8 Å². The van der Waals surface area contributed by atoms with Gasteiger partial charge in [-0.25, -0.2) is 24.9 Å². The van der Waals surface area contributed by atoms with Crippen molar-refractivity contribution >= 4 is 83.9 Å². The van der Waals surface area contributed by atoms with Crippen molar-refractivity contribution in [1.82, 2.24) is 64.4 Å². The first-order valence-electron chi connectivity index (χ1n) is 26.7. The van der Waals surface area contributed by atoms with Crippen molar-refractivity contribution < 1.29 is 18.8 Å². The first-order chi connectivity index (χ1) is 39.8. The van der Waals surface area contributed by atoms with Crippen LogP contribution in [0.25, 0.3) is 46.6 Å². The highest BCUT2D eigenvalue weighted by atomic mass is 32.1. The highest BCUT2D eigenvalue weighted by Gasteiger charge is 2.26. The molecule has 0 spiro atoms. The lowest BCUT2D eigenvalue weighted by atomic mass is 9.87. The molecule has 12 rings (SSSR count). The molecule has 3 amide bonds. The number of pyridine rings is 2. The molecule has 3 fully saturated rings. The molecule has 0 radical (unpaired) electrons. The fourth-order valence-corrected chi connectivity index (χ4v) is 12.5. The van der Waals surface area contributed by atoms with Crippen molar-refractivity contribution in [3.63, 3.8) is 0 Å². The van der Waals surface area contributed by atoms with Gasteiger partial charge in [-0.05, 0) is 101 Å². The van der Waals surface area contributed by atoms with Gasteiger partial charge in [-0.15, -0.1) is 0 Å². The minimum Gasteiger partial charge on any atom is -0.325 e. The molecular weight excluding hydrogens is 1110 g/mol. The van der Waals surface area contributed by atoms with Crippen molar-refractivity contribution in [2.75, 3.05) is 61.8 Å². The van der Waals surface area contributed by atoms with E-state index in [1.807, 2.05) is 18.2 Å². The zero-order chi connectivity index (χ0) is 57.3. The molecule has 2 saturated heterocycles. The number of nitrogens with two attached hydrogens (primary N) is 3. The summed E-state index contributed by atoms with van der Waals surface area (Å²) in [5, 5.41) is 29.3. The number of carbonyl (C=O) groups excluding carboxylic acids is 3. The van der Waals surface area contributed by atoms with Crippen LogP contribution in [0.2, 0.25) is 0 Å². The summed E-state index contributed by atoms with van der Waals surface area (Å²) in [6.45, 7) is 3.06. The van der Waals surface area contributed by atoms with Gasteiger partial charge in [0.25, 0.3) is 11.1 Å². The van der Waals surface area contributed by atoms with E-state index in [1.165, 1.54) is 68.5 Å². The van der Waals surface area contributed by atoms with Crippen LogP contribution < -0.4 is 60.5 Å². The number of aromatic nitrogens is 11. The Balaban J connectivity index is 0.000000138. The number of hydrogen-bond donors (Lipinski definition) is 8. The van der Waals surface area contributed by atoms with Crippen LogP contribution in [0.15, 0.2) is 87.4 Å². The standard InChI is InChI=1S/C19H21N5O2S.C17H18FN7O2S.C17H19N7O2S/c20-11-16(25)21-14-8-4-7-13(9-14)18-23-24-17(26)10-15(22-19(24)27-18)12-5-2-1-3-6-12;18-13-14(9-1-4-20-5-2-9)23-17-25(16(13)27)24-15(28-17)10-3-6-21-11(7-10)22-12(26)8-19;18-9-14(25)22-13-7-11(3-6-20-13)16-23-24-15(26)8-12(21-17(24)27-16)10-1-4-19-5-2-10/h4,7-10,12H,1-3,5-6,11,20H2,(H,21,25);3,6-7,9,20H,1-2,4-5,8,19H2,(H,21,22,26);3,6-8,10,19H,1-2,4-5,9,18H2,(H,20,22,25). The first-order valence-corrected chi connectivity index (χ1v) is 29.1. The number of nitrogens with one attached hydrogen (secondary N) is 5. The van der Waals surface area contributed by atoms with Crippen LogP contribution in [0.4, 0.5) is 21.7 Å². The molecule has 11 N–H and O–H groups in total. The average Bonchev–Trinajstić information content (AvgIpc) is 4.35. The molecule has 82 heavy (non-hydrogen) atoms. The van der Waals surface area contributed by atoms with Crippen molar-refractivity contribution in [2.45, 2.75) is 75.5 Å². The number of hydrogen-bond acceptors (Lipinski definition) is 22. The molecule has 25 nitrogen and oxygen atoms in total. The van der Waals surface area contributed by atoms with E-state index in [2.05, 4.69) is 61.8 Å². The highest BCUT2D eigenvalue weighted by Crippen LogP contribution is 2.34. The van der Waals surface area contributed by atoms with E-state index in [1.54, 1.807) is 48.7 Å². The maximum Gasteiger partial charge on any atom is 0.311 e. The molecule has 0 unspecified atom stereocenters. The van der Waals surface area contributed by atoms with Gasteiger partial charge in [0.1, 0.15) is 26.7 Å². The van der Waals surface area contributed by atoms with Crippen molar-refractivity contribution in [2.24, 2.45) is 17.2 Å². The van der Waals surface area contributed by atoms with Crippen LogP contribution in [-0.4, -0.2) is 117 Å². The largest absolute Gasteiger partial charge is 0.325 e. The van der Waals surface area contributed by atoms with Crippen molar-refractivity contribution in [3.8, 4) is 31.7 Å². The Morgan fingerprint density at radius 3 is 1.51 bits per heavy atom. The fourth-order valence-electron chi connectivity index (χ4n) is 9.74. The number of fused-ring (bicyclic) bond motifs is 3. The van der Waals surface area contributed by atoms with Gasteiger partial charge in [-0.1, -0.05) is 65.4 Å². The molecule has 3 aliphatic rings. The van der Waals surface area contributed by atoms with E-state index in [0.717, 1.165) is 91.7 Å². The third kappa shape index (κ3) is 13.5. The Hall–Kier alpha value is -8.03. The number of carbonyl (C=O) groups is 3. The topological polar surface area (TPSA) is 357 Å². The van der Waals surface area contributed by atoms with Crippen molar-refractivity contribution in [1.29, 1.82) is 0 Å². The number of nitrogens with zero attached hydrogens (tertiary/aromatic N) is 11. The molecule has 9 aromatic rings. The number of rotatable bonds is 12. The second-order valence-electron chi connectivity index (χ2n) is 19.5. The number of amides is 3. The minimum absolute atomic E-state index is 0.0748. The number of benzene rings is 1. The number of anilines is 3. The van der Waals surface area contributed by atoms with E-state index in [9.17, 15) is 33.2 Å². The SMILES string of the molecule is NCC(=O)Nc1cc(-c2nn3c(=O)c(F)c(C4CCNCC4)nc3s2)ccn1.NCC(=O)Nc1cc(-c2nn3c(=O)cc(C4CCNCC4)nc3s2)ccn1.NCC(=O)Nc1cccc(-c2nn3c(=O)cc(C4CCCCC4)nc3s2)c1. The van der Waals surface area contributed by atoms with Gasteiger partial charge in [0.2, 0.25) is 38.4 Å². The Morgan fingerprint density at radius 1 is 0.549 bits per heavy atom. The second kappa shape index (κ2) is 26.3. The van der Waals surface area contributed by atoms with Crippen molar-refractivity contribution in [3.05, 3.63) is 127 Å². The van der Waals surface area contributed by atoms with E-state index in [-0.39, 0.29) is 60.1 Å². The van der Waals surface area contributed by atoms with Crippen LogP contribution in [0.3, 0.4) is 0 Å². The molecule has 2 aliphatic heterocycles. The highest BCUT2D eigenvalue weighted by molar-refractivity contribution is 7.20. The quantitative estimate of drug-likeness (QED) is 0.0855. The van der Waals surface area contributed by atoms with Crippen LogP contribution in [0.1, 0.15) is 92.6 Å². The molecule has 426 valence electrons. The Labute approximate surface area is 478 Å². The Bertz CT molecular complexity index is 3810. The summed E-state index contributed by atoms with van der Waals surface area (Å²) in [6, 6.07) is 17.3. The van der Waals surface area contributed by atoms with E-state index in [4.69, 9.17) is 22.2 Å². The molecule has 10 heterocycles. The van der Waals surface area contributed by atoms with Gasteiger partial charge >= 0.3 is 5.56 Å². The first kappa shape index (κ1) is 57.2. The summed E-state index contributed by atoms with van der Waals surface area (Å²) in [7, 11) is 0. The summed E-state index contributed by atoms with van der Waals surface area (Å²) in [4.78, 5) is 95.4. The van der Waals surface area contributed by atoms with E-state index < -0.39 is 11.4 Å². The lowest BCUT2D eigenvalue weighted by molar-refractivity contribution is -0.115. The van der Waals surface area contributed by atoms with Gasteiger partial charge < -0.3 is 43.8 Å². The van der Waals surface area contributed by atoms with Crippen LogP contribution in [-0.2, 0) is 14.4 Å². The molecule has 1 saturated carbocycles. The lowest BCUT2D eigenvalue weighted by Gasteiger charge is -2.21. The van der Waals surface area contributed by atoms with Crippen LogP contribution >= 0.6 is 34.0 Å². The summed E-state index contributed by atoms with van der Waals surface area (Å²) in [5.41, 5.74) is 19.6. The lowest BCUT2D eigenvalue weighted by Crippen LogP contribution is -2.30. The molecule has 1 aliphatic carbocycles. The third-order valence-corrected chi connectivity index (χ3v) is 16.8. The van der Waals surface area contributed by atoms with Gasteiger partial charge in [-0.2, -0.15) is 33.2 Å². The molecule has 1 aromatic carbocycles. The second-order valence-corrected chi connectivity index (χ2v) is 22.4. The zero-order valence-corrected chi connectivity index (χ0v) is 46.6. The summed E-state index contributed by atoms with van der Waals surface area (Å²) >= 11 is 3.89. The smallest absolute Gasteiger partial charge is 0.311 e. The molecular formula is C53H58FN19O6S3. The van der Waals surface area contributed by atoms with Gasteiger partial charge in [0.15, 0.2) is 0 Å². The molecule has 8 aromatic heterocycles. The maximum absolute atomic E-state index is 14.7. The average molecular weight is 1170 g/mol. The van der Waals surface area contributed by atoms with Gasteiger partial charge in [0.05, 0.1) is 36.7 Å². The van der Waals surface area contributed by atoms with Crippen LogP contribution in [0, 0.1) is 5.82 Å². The maximum atomic E-state index is 14.7. The molecule has 29 heteroatoms. The predicted octanol–water partition coefficient (Wildman–Crippen LogP) is 4.06. The normalized spacial score (nSPS) is 15.1. The van der Waals surface area contributed by atoms with Crippen LogP contribution in [0.5, 0.6) is 0 Å². The summed E-state index contributed by atoms with van der Waals surface area (Å²) < 4.78 is 18.3. The van der Waals surface area contributed by atoms with E-state index >= 15 is 0 Å². The van der Waals surface area contributed by atoms with E-state index in [0.29, 0.717) is 64.6 Å². The van der Waals surface area contributed by atoms with Gasteiger partial charge in [0, 0.05) is 64.7 Å². The third-order valence-electron chi connectivity index (χ3n) is 13.9. The molecule has 0 atom stereocenters. The summed E-state index contributed by atoms with van der Waals surface area (Å²) in [6.07, 6.45) is 12.3. The Morgan fingerprint density at radius 2 is 1.00 bits per heavy atom. The minimum atomic E-state index is -0.841. The fraction of sp³-hybridized carbons (Fsp3) is 0.358. The number of piperidine rings is 2. The predicted molar refractivity (Wildman–Crippen MR) is 312 cm³/mol.